The fourth-order valence-electron chi connectivity index (χ4n) is 0.612. The van der Waals surface area contributed by atoms with Gasteiger partial charge in [-0.15, -0.1) is 0 Å². The van der Waals surface area contributed by atoms with E-state index in [-0.39, 0.29) is 14.9 Å². The Morgan fingerprint density at radius 2 is 1.06 bits per heavy atom. The van der Waals surface area contributed by atoms with E-state index >= 15 is 0 Å². The Kier molecular flexibility index (Phi) is 15.9. The third-order valence-electron chi connectivity index (χ3n) is 3.15. The van der Waals surface area contributed by atoms with E-state index < -0.39 is 0 Å². The molecule has 0 aliphatic rings. The van der Waals surface area contributed by atoms with Crippen LogP contribution in [0.3, 0.4) is 0 Å². The first-order valence-electron chi connectivity index (χ1n) is 6.04. The zero-order valence-corrected chi connectivity index (χ0v) is 12.0. The van der Waals surface area contributed by atoms with Crippen molar-refractivity contribution in [2.45, 2.75) is 90.0 Å². The van der Waals surface area contributed by atoms with E-state index in [9.17, 15) is 0 Å². The first-order valence-corrected chi connectivity index (χ1v) is 6.04. The highest BCUT2D eigenvalue weighted by molar-refractivity contribution is 4.67. The Labute approximate surface area is 107 Å². The van der Waals surface area contributed by atoms with Crippen LogP contribution in [0.2, 0.25) is 0 Å². The molecular formula is C16H40. The van der Waals surface area contributed by atoms with Gasteiger partial charge in [0.15, 0.2) is 0 Å². The molecule has 1 unspecified atom stereocenters. The van der Waals surface area contributed by atoms with Gasteiger partial charge in [0.1, 0.15) is 0 Å². The van der Waals surface area contributed by atoms with Crippen LogP contribution in [0.5, 0.6) is 0 Å². The van der Waals surface area contributed by atoms with Gasteiger partial charge in [0.25, 0.3) is 0 Å². The summed E-state index contributed by atoms with van der Waals surface area (Å²) in [6, 6.07) is 0. The first kappa shape index (κ1) is 25.0. The maximum Gasteiger partial charge on any atom is -0.0357 e. The van der Waals surface area contributed by atoms with Gasteiger partial charge >= 0.3 is 0 Å². The maximum absolute atomic E-state index is 2.31. The SMILES string of the molecule is C.C.CCC(C)(C)C.CCC(C)C(C)(C)C. The lowest BCUT2D eigenvalue weighted by Gasteiger charge is -2.25. The molecule has 0 nitrogen and oxygen atoms in total. The zero-order chi connectivity index (χ0) is 12.0. The molecular weight excluding hydrogens is 192 g/mol. The second-order valence-electron chi connectivity index (χ2n) is 6.59. The third-order valence-corrected chi connectivity index (χ3v) is 3.15. The highest BCUT2D eigenvalue weighted by atomic mass is 14.2. The van der Waals surface area contributed by atoms with Crippen molar-refractivity contribution in [3.05, 3.63) is 0 Å². The van der Waals surface area contributed by atoms with E-state index in [2.05, 4.69) is 62.3 Å². The summed E-state index contributed by atoms with van der Waals surface area (Å²) in [5.41, 5.74) is 1.05. The second-order valence-corrected chi connectivity index (χ2v) is 6.59. The minimum absolute atomic E-state index is 0. The number of rotatable bonds is 1. The fraction of sp³-hybridized carbons (Fsp3) is 1.00. The predicted octanol–water partition coefficient (Wildman–Crippen LogP) is 6.79. The van der Waals surface area contributed by atoms with Gasteiger partial charge in [0.2, 0.25) is 0 Å². The average Bonchev–Trinajstić information content (AvgIpc) is 2.01. The van der Waals surface area contributed by atoms with Crippen LogP contribution in [0.15, 0.2) is 0 Å². The molecule has 0 aromatic carbocycles. The van der Waals surface area contributed by atoms with Crippen LogP contribution >= 0.6 is 0 Å². The van der Waals surface area contributed by atoms with Crippen molar-refractivity contribution in [1.29, 1.82) is 0 Å². The van der Waals surface area contributed by atoms with Crippen molar-refractivity contribution >= 4 is 0 Å². The van der Waals surface area contributed by atoms with Gasteiger partial charge in [-0.2, -0.15) is 0 Å². The monoisotopic (exact) mass is 232 g/mol. The predicted molar refractivity (Wildman–Crippen MR) is 82.1 cm³/mol. The number of hydrogen-bond acceptors (Lipinski definition) is 0. The van der Waals surface area contributed by atoms with E-state index in [1.165, 1.54) is 12.8 Å². The van der Waals surface area contributed by atoms with Crippen molar-refractivity contribution in [1.82, 2.24) is 0 Å². The van der Waals surface area contributed by atoms with E-state index in [1.54, 1.807) is 0 Å². The van der Waals surface area contributed by atoms with Gasteiger partial charge in [0, 0.05) is 0 Å². The quantitative estimate of drug-likeness (QED) is 0.467. The summed E-state index contributed by atoms with van der Waals surface area (Å²) in [5, 5.41) is 0. The van der Waals surface area contributed by atoms with Gasteiger partial charge in [0.05, 0.1) is 0 Å². The normalized spacial score (nSPS) is 12.6. The first-order chi connectivity index (χ1) is 6.04. The average molecular weight is 232 g/mol. The fourth-order valence-corrected chi connectivity index (χ4v) is 0.612. The lowest BCUT2D eigenvalue weighted by atomic mass is 9.81. The molecule has 0 N–H and O–H groups in total. The van der Waals surface area contributed by atoms with Crippen LogP contribution in [0.1, 0.15) is 90.0 Å². The molecule has 0 bridgehead atoms. The molecule has 1 atom stereocenters. The highest BCUT2D eigenvalue weighted by Crippen LogP contribution is 2.27. The molecule has 0 saturated heterocycles. The molecule has 0 saturated carbocycles. The van der Waals surface area contributed by atoms with E-state index in [0.717, 1.165) is 5.92 Å². The molecule has 0 radical (unpaired) electrons. The molecule has 0 heterocycles. The molecule has 0 heteroatoms. The Morgan fingerprint density at radius 1 is 0.812 bits per heavy atom. The van der Waals surface area contributed by atoms with Gasteiger partial charge in [-0.05, 0) is 16.7 Å². The topological polar surface area (TPSA) is 0 Å². The minimum Gasteiger partial charge on any atom is -0.0776 e. The van der Waals surface area contributed by atoms with Crippen LogP contribution in [0.4, 0.5) is 0 Å². The lowest BCUT2D eigenvalue weighted by Crippen LogP contribution is -2.15. The zero-order valence-electron chi connectivity index (χ0n) is 12.0. The lowest BCUT2D eigenvalue weighted by molar-refractivity contribution is 0.254. The van der Waals surface area contributed by atoms with Crippen LogP contribution in [0.25, 0.3) is 0 Å². The maximum atomic E-state index is 2.31. The molecule has 0 aromatic rings. The van der Waals surface area contributed by atoms with Crippen LogP contribution in [-0.4, -0.2) is 0 Å². The summed E-state index contributed by atoms with van der Waals surface area (Å²) in [4.78, 5) is 0. The largest absolute Gasteiger partial charge is 0.0776 e. The summed E-state index contributed by atoms with van der Waals surface area (Å²) in [6.07, 6.45) is 2.57. The van der Waals surface area contributed by atoms with Crippen LogP contribution in [-0.2, 0) is 0 Å². The molecule has 0 fully saturated rings. The molecule has 0 amide bonds. The van der Waals surface area contributed by atoms with Crippen molar-refractivity contribution in [2.24, 2.45) is 16.7 Å². The van der Waals surface area contributed by atoms with Gasteiger partial charge in [-0.1, -0.05) is 90.0 Å². The van der Waals surface area contributed by atoms with E-state index in [0.29, 0.717) is 10.8 Å². The third kappa shape index (κ3) is 19.6. The molecule has 0 rings (SSSR count). The molecule has 0 spiro atoms. The standard InChI is InChI=1S/C8H18.C6H14.2CH4/c1-6-7(2)8(3,4)5;1-5-6(2,3)4;;/h7H,6H2,1-5H3;5H2,1-4H3;2*1H4. The summed E-state index contributed by atoms with van der Waals surface area (Å²) >= 11 is 0. The van der Waals surface area contributed by atoms with Crippen molar-refractivity contribution < 1.29 is 0 Å². The van der Waals surface area contributed by atoms with Gasteiger partial charge in [-0.25, -0.2) is 0 Å². The second kappa shape index (κ2) is 10.2. The molecule has 0 aromatic heterocycles. The van der Waals surface area contributed by atoms with E-state index in [1.807, 2.05) is 0 Å². The van der Waals surface area contributed by atoms with Crippen LogP contribution in [0, 0.1) is 16.7 Å². The van der Waals surface area contributed by atoms with Crippen molar-refractivity contribution in [3.8, 4) is 0 Å². The van der Waals surface area contributed by atoms with Gasteiger partial charge in [-0.3, -0.25) is 0 Å². The van der Waals surface area contributed by atoms with E-state index in [4.69, 9.17) is 0 Å². The number of hydrogen-bond donors (Lipinski definition) is 0. The Bertz CT molecular complexity index is 120. The van der Waals surface area contributed by atoms with Gasteiger partial charge < -0.3 is 0 Å². The summed E-state index contributed by atoms with van der Waals surface area (Å²) in [7, 11) is 0. The van der Waals surface area contributed by atoms with Crippen molar-refractivity contribution in [2.75, 3.05) is 0 Å². The minimum atomic E-state index is 0. The highest BCUT2D eigenvalue weighted by Gasteiger charge is 2.16. The smallest absolute Gasteiger partial charge is 0.0357 e. The Hall–Kier alpha value is 0. The van der Waals surface area contributed by atoms with Crippen molar-refractivity contribution in [3.63, 3.8) is 0 Å². The molecule has 0 aliphatic carbocycles. The van der Waals surface area contributed by atoms with Crippen LogP contribution < -0.4 is 0 Å². The Balaban J connectivity index is -0.0000000825. The Morgan fingerprint density at radius 3 is 1.06 bits per heavy atom. The summed E-state index contributed by atoms with van der Waals surface area (Å²) in [6.45, 7) is 20.4. The molecule has 104 valence electrons. The molecule has 16 heavy (non-hydrogen) atoms. The molecule has 0 aliphatic heterocycles. The summed E-state index contributed by atoms with van der Waals surface area (Å²) in [5.74, 6) is 0.850. The summed E-state index contributed by atoms with van der Waals surface area (Å²) < 4.78 is 0.